The number of nitrogens with zero attached hydrogens (tertiary/aromatic N) is 4. The van der Waals surface area contributed by atoms with Gasteiger partial charge < -0.3 is 4.74 Å². The Labute approximate surface area is 126 Å². The third-order valence-corrected chi connectivity index (χ3v) is 3.11. The lowest BCUT2D eigenvalue weighted by molar-refractivity contribution is 0.0601. The molecule has 0 unspecified atom stereocenters. The Bertz CT molecular complexity index is 691. The molecule has 0 fully saturated rings. The van der Waals surface area contributed by atoms with Gasteiger partial charge in [-0.15, -0.1) is 5.10 Å². The number of rotatable bonds is 5. The number of unbranched alkanes of at least 4 members (excludes halogenated alkanes) is 1. The van der Waals surface area contributed by atoms with Crippen LogP contribution in [0.25, 0.3) is 11.3 Å². The molecular formula is C14H13ClN4O2. The molecule has 0 aliphatic rings. The molecule has 0 saturated heterocycles. The van der Waals surface area contributed by atoms with Gasteiger partial charge in [0.05, 0.1) is 24.9 Å². The highest BCUT2D eigenvalue weighted by Gasteiger charge is 2.16. The second-order valence-corrected chi connectivity index (χ2v) is 4.75. The van der Waals surface area contributed by atoms with E-state index in [1.54, 1.807) is 23.0 Å². The number of hydrogen-bond donors (Lipinski definition) is 0. The SMILES string of the molecule is COC(=O)c1cc(Cl)ccc1-c1cn(CCCC#N)nn1. The summed E-state index contributed by atoms with van der Waals surface area (Å²) in [6.07, 6.45) is 2.89. The molecule has 2 rings (SSSR count). The van der Waals surface area contributed by atoms with E-state index in [1.807, 2.05) is 0 Å². The van der Waals surface area contributed by atoms with Crippen molar-refractivity contribution >= 4 is 17.6 Å². The molecular weight excluding hydrogens is 292 g/mol. The molecule has 1 aromatic heterocycles. The van der Waals surface area contributed by atoms with Crippen LogP contribution in [-0.2, 0) is 11.3 Å². The zero-order valence-electron chi connectivity index (χ0n) is 11.4. The lowest BCUT2D eigenvalue weighted by atomic mass is 10.1. The molecule has 1 aromatic carbocycles. The number of aryl methyl sites for hydroxylation is 1. The van der Waals surface area contributed by atoms with Gasteiger partial charge in [0.15, 0.2) is 0 Å². The van der Waals surface area contributed by atoms with E-state index in [0.29, 0.717) is 41.2 Å². The van der Waals surface area contributed by atoms with Gasteiger partial charge >= 0.3 is 5.97 Å². The fourth-order valence-electron chi connectivity index (χ4n) is 1.87. The molecule has 0 spiro atoms. The van der Waals surface area contributed by atoms with Crippen LogP contribution in [0.5, 0.6) is 0 Å². The average Bonchev–Trinajstić information content (AvgIpc) is 2.95. The third-order valence-electron chi connectivity index (χ3n) is 2.88. The Morgan fingerprint density at radius 3 is 3.05 bits per heavy atom. The lowest BCUT2D eigenvalue weighted by Crippen LogP contribution is -2.03. The first-order chi connectivity index (χ1) is 10.2. The van der Waals surface area contributed by atoms with E-state index in [4.69, 9.17) is 21.6 Å². The quantitative estimate of drug-likeness (QED) is 0.626. The second kappa shape index (κ2) is 6.86. The fraction of sp³-hybridized carbons (Fsp3) is 0.286. The van der Waals surface area contributed by atoms with Crippen LogP contribution in [0.4, 0.5) is 0 Å². The maximum absolute atomic E-state index is 11.8. The van der Waals surface area contributed by atoms with Crippen molar-refractivity contribution in [2.75, 3.05) is 7.11 Å². The predicted octanol–water partition coefficient (Wildman–Crippen LogP) is 2.69. The molecule has 2 aromatic rings. The molecule has 7 heteroatoms. The minimum Gasteiger partial charge on any atom is -0.465 e. The number of hydrogen-bond acceptors (Lipinski definition) is 5. The van der Waals surface area contributed by atoms with Gasteiger partial charge in [0, 0.05) is 23.6 Å². The monoisotopic (exact) mass is 304 g/mol. The number of halogens is 1. The van der Waals surface area contributed by atoms with Crippen molar-refractivity contribution in [1.82, 2.24) is 15.0 Å². The number of benzene rings is 1. The Morgan fingerprint density at radius 1 is 1.52 bits per heavy atom. The molecule has 0 radical (unpaired) electrons. The Balaban J connectivity index is 2.30. The highest BCUT2D eigenvalue weighted by molar-refractivity contribution is 6.31. The van der Waals surface area contributed by atoms with Gasteiger partial charge in [0.25, 0.3) is 0 Å². The molecule has 6 nitrogen and oxygen atoms in total. The Kier molecular flexibility index (Phi) is 4.90. The van der Waals surface area contributed by atoms with Crippen molar-refractivity contribution in [3.8, 4) is 17.3 Å². The molecule has 21 heavy (non-hydrogen) atoms. The van der Waals surface area contributed by atoms with E-state index in [2.05, 4.69) is 16.4 Å². The summed E-state index contributed by atoms with van der Waals surface area (Å²) < 4.78 is 6.39. The normalized spacial score (nSPS) is 10.1. The minimum absolute atomic E-state index is 0.342. The number of ether oxygens (including phenoxy) is 1. The maximum Gasteiger partial charge on any atom is 0.338 e. The minimum atomic E-state index is -0.480. The van der Waals surface area contributed by atoms with Crippen LogP contribution in [0, 0.1) is 11.3 Å². The first-order valence-corrected chi connectivity index (χ1v) is 6.69. The van der Waals surface area contributed by atoms with E-state index in [1.165, 1.54) is 13.2 Å². The summed E-state index contributed by atoms with van der Waals surface area (Å²) in [5, 5.41) is 17.0. The van der Waals surface area contributed by atoms with Crippen LogP contribution in [0.3, 0.4) is 0 Å². The van der Waals surface area contributed by atoms with Crippen molar-refractivity contribution in [1.29, 1.82) is 5.26 Å². The lowest BCUT2D eigenvalue weighted by Gasteiger charge is -2.05. The largest absolute Gasteiger partial charge is 0.465 e. The molecule has 0 N–H and O–H groups in total. The Hall–Kier alpha value is -2.39. The average molecular weight is 305 g/mol. The maximum atomic E-state index is 11.8. The first-order valence-electron chi connectivity index (χ1n) is 6.31. The smallest absolute Gasteiger partial charge is 0.338 e. The van der Waals surface area contributed by atoms with Crippen LogP contribution in [-0.4, -0.2) is 28.1 Å². The summed E-state index contributed by atoms with van der Waals surface area (Å²) in [7, 11) is 1.31. The predicted molar refractivity (Wildman–Crippen MR) is 76.7 cm³/mol. The van der Waals surface area contributed by atoms with Gasteiger partial charge in [-0.2, -0.15) is 5.26 Å². The van der Waals surface area contributed by atoms with Crippen molar-refractivity contribution in [3.63, 3.8) is 0 Å². The van der Waals surface area contributed by atoms with Crippen LogP contribution in [0.2, 0.25) is 5.02 Å². The van der Waals surface area contributed by atoms with E-state index < -0.39 is 5.97 Å². The standard InChI is InChI=1S/C14H13ClN4O2/c1-21-14(20)12-8-10(15)4-5-11(12)13-9-19(18-17-13)7-3-2-6-16/h4-5,8-9H,2-3,7H2,1H3. The van der Waals surface area contributed by atoms with Gasteiger partial charge in [-0.1, -0.05) is 22.9 Å². The molecule has 0 aliphatic carbocycles. The summed E-state index contributed by atoms with van der Waals surface area (Å²) in [6.45, 7) is 0.599. The summed E-state index contributed by atoms with van der Waals surface area (Å²) in [6, 6.07) is 7.00. The topological polar surface area (TPSA) is 80.8 Å². The molecule has 0 saturated carbocycles. The number of aromatic nitrogens is 3. The molecule has 1 heterocycles. The van der Waals surface area contributed by atoms with Crippen molar-refractivity contribution < 1.29 is 9.53 Å². The van der Waals surface area contributed by atoms with Crippen molar-refractivity contribution in [2.24, 2.45) is 0 Å². The van der Waals surface area contributed by atoms with Crippen LogP contribution in [0.1, 0.15) is 23.2 Å². The number of carbonyl (C=O) groups excluding carboxylic acids is 1. The zero-order chi connectivity index (χ0) is 15.2. The van der Waals surface area contributed by atoms with E-state index in [-0.39, 0.29) is 0 Å². The number of nitriles is 1. The van der Waals surface area contributed by atoms with Gasteiger partial charge in [-0.05, 0) is 18.6 Å². The number of esters is 1. The second-order valence-electron chi connectivity index (χ2n) is 4.31. The zero-order valence-corrected chi connectivity index (χ0v) is 12.2. The van der Waals surface area contributed by atoms with Crippen molar-refractivity contribution in [3.05, 3.63) is 35.0 Å². The molecule has 108 valence electrons. The highest BCUT2D eigenvalue weighted by atomic mass is 35.5. The van der Waals surface area contributed by atoms with Gasteiger partial charge in [-0.3, -0.25) is 4.68 Å². The summed E-state index contributed by atoms with van der Waals surface area (Å²) in [5.74, 6) is -0.480. The van der Waals surface area contributed by atoms with E-state index in [9.17, 15) is 4.79 Å². The third kappa shape index (κ3) is 3.58. The molecule has 0 bridgehead atoms. The molecule has 0 atom stereocenters. The first kappa shape index (κ1) is 15.0. The number of methoxy groups -OCH3 is 1. The van der Waals surface area contributed by atoms with E-state index >= 15 is 0 Å². The highest BCUT2D eigenvalue weighted by Crippen LogP contribution is 2.25. The van der Waals surface area contributed by atoms with Gasteiger partial charge in [-0.25, -0.2) is 4.79 Å². The van der Waals surface area contributed by atoms with Crippen LogP contribution < -0.4 is 0 Å². The summed E-state index contributed by atoms with van der Waals surface area (Å²) in [5.41, 5.74) is 1.51. The van der Waals surface area contributed by atoms with Crippen LogP contribution in [0.15, 0.2) is 24.4 Å². The molecule has 0 aliphatic heterocycles. The van der Waals surface area contributed by atoms with Crippen molar-refractivity contribution in [2.45, 2.75) is 19.4 Å². The van der Waals surface area contributed by atoms with Gasteiger partial charge in [0.1, 0.15) is 5.69 Å². The fourth-order valence-corrected chi connectivity index (χ4v) is 2.04. The van der Waals surface area contributed by atoms with Crippen LogP contribution >= 0.6 is 11.6 Å². The van der Waals surface area contributed by atoms with E-state index in [0.717, 1.165) is 0 Å². The Morgan fingerprint density at radius 2 is 2.33 bits per heavy atom. The number of carbonyl (C=O) groups is 1. The molecule has 0 amide bonds. The summed E-state index contributed by atoms with van der Waals surface area (Å²) >= 11 is 5.92. The summed E-state index contributed by atoms with van der Waals surface area (Å²) in [4.78, 5) is 11.8. The van der Waals surface area contributed by atoms with Gasteiger partial charge in [0.2, 0.25) is 0 Å².